The van der Waals surface area contributed by atoms with Crippen LogP contribution < -0.4 is 0 Å². The van der Waals surface area contributed by atoms with E-state index in [2.05, 4.69) is 10.6 Å². The third kappa shape index (κ3) is 4.64. The number of rotatable bonds is 7. The van der Waals surface area contributed by atoms with Crippen molar-refractivity contribution >= 4 is 57.2 Å². The van der Waals surface area contributed by atoms with E-state index in [1.807, 2.05) is 38.3 Å². The number of thioether (sulfide) groups is 1. The minimum Gasteiger partial charge on any atom is -0.465 e. The van der Waals surface area contributed by atoms with Gasteiger partial charge in [0.25, 0.3) is 0 Å². The van der Waals surface area contributed by atoms with E-state index in [1.54, 1.807) is 17.0 Å². The first-order valence-electron chi connectivity index (χ1n) is 15.4. The van der Waals surface area contributed by atoms with E-state index >= 15 is 4.39 Å². The van der Waals surface area contributed by atoms with Gasteiger partial charge in [-0.1, -0.05) is 23.7 Å². The van der Waals surface area contributed by atoms with Crippen LogP contribution in [0, 0.1) is 30.0 Å². The number of aromatic nitrogens is 2. The molecule has 238 valence electrons. The number of hydrogen-bond donors (Lipinski definition) is 1. The number of carbonyl (C=O) groups excluding carboxylic acids is 1. The predicted octanol–water partition coefficient (Wildman–Crippen LogP) is 6.98. The van der Waals surface area contributed by atoms with Crippen LogP contribution in [-0.4, -0.2) is 75.1 Å². The number of amides is 2. The fourth-order valence-electron chi connectivity index (χ4n) is 7.77. The first-order valence-corrected chi connectivity index (χ1v) is 17.0. The van der Waals surface area contributed by atoms with Crippen LogP contribution in [0.4, 0.5) is 9.18 Å². The lowest BCUT2D eigenvalue weighted by Crippen LogP contribution is -2.45. The minimum atomic E-state index is -0.952. The predicted molar refractivity (Wildman–Crippen MR) is 175 cm³/mol. The Kier molecular flexibility index (Phi) is 7.86. The number of pyridine rings is 1. The summed E-state index contributed by atoms with van der Waals surface area (Å²) in [6.07, 6.45) is 2.22. The van der Waals surface area contributed by atoms with Gasteiger partial charge in [0, 0.05) is 52.5 Å². The highest BCUT2D eigenvalue weighted by molar-refractivity contribution is 7.98. The lowest BCUT2D eigenvalue weighted by Gasteiger charge is -2.41. The molecule has 0 radical (unpaired) electrons. The first kappa shape index (κ1) is 30.8. The summed E-state index contributed by atoms with van der Waals surface area (Å²) < 4.78 is 24.7. The number of aryl methyl sites for hydroxylation is 1. The fraction of sp³-hybridized carbons (Fsp3) is 0.412. The molecule has 12 heteroatoms. The normalized spacial score (nSPS) is 21.6. The van der Waals surface area contributed by atoms with Gasteiger partial charge in [0.1, 0.15) is 17.1 Å². The summed E-state index contributed by atoms with van der Waals surface area (Å²) in [4.78, 5) is 33.4. The summed E-state index contributed by atoms with van der Waals surface area (Å²) >= 11 is 7.91. The van der Waals surface area contributed by atoms with E-state index in [4.69, 9.17) is 21.3 Å². The molecule has 1 unspecified atom stereocenters. The lowest BCUT2D eigenvalue weighted by molar-refractivity contribution is -0.145. The summed E-state index contributed by atoms with van der Waals surface area (Å²) in [6, 6.07) is 10.8. The van der Waals surface area contributed by atoms with Gasteiger partial charge in [0.05, 0.1) is 36.3 Å². The van der Waals surface area contributed by atoms with Gasteiger partial charge >= 0.3 is 6.09 Å². The Morgan fingerprint density at radius 3 is 2.83 bits per heavy atom. The van der Waals surface area contributed by atoms with E-state index in [1.165, 1.54) is 16.7 Å². The van der Waals surface area contributed by atoms with Crippen LogP contribution >= 0.6 is 23.4 Å². The molecule has 9 nitrogen and oxygen atoms in total. The van der Waals surface area contributed by atoms with Gasteiger partial charge in [-0.3, -0.25) is 4.79 Å². The highest BCUT2D eigenvalue weighted by Crippen LogP contribution is 2.53. The second kappa shape index (κ2) is 11.7. The SMILES string of the molecule is CSc1nc2c(F)c(-c3cccc(Cl)c3C)c(CCC#N)cc2c2c1cc(C(C)N1CCOCC1=O)n2[C@H]1[C@@H]2C[C@H]1N(C(=O)O)C2. The Bertz CT molecular complexity index is 1980. The van der Waals surface area contributed by atoms with Crippen LogP contribution in [0.2, 0.25) is 5.02 Å². The van der Waals surface area contributed by atoms with Crippen molar-refractivity contribution in [2.75, 3.05) is 32.6 Å². The molecule has 2 bridgehead atoms. The first-order chi connectivity index (χ1) is 22.2. The van der Waals surface area contributed by atoms with Crippen molar-refractivity contribution in [2.45, 2.75) is 56.3 Å². The van der Waals surface area contributed by atoms with E-state index < -0.39 is 11.9 Å². The summed E-state index contributed by atoms with van der Waals surface area (Å²) in [7, 11) is 0. The molecule has 3 aliphatic heterocycles. The molecule has 46 heavy (non-hydrogen) atoms. The highest BCUT2D eigenvalue weighted by atomic mass is 35.5. The number of fused-ring (bicyclic) bond motifs is 4. The van der Waals surface area contributed by atoms with Crippen molar-refractivity contribution in [2.24, 2.45) is 5.92 Å². The molecular weight excluding hydrogens is 629 g/mol. The van der Waals surface area contributed by atoms with Crippen molar-refractivity contribution < 1.29 is 23.8 Å². The van der Waals surface area contributed by atoms with Crippen molar-refractivity contribution in [1.82, 2.24) is 19.4 Å². The number of carbonyl (C=O) groups is 2. The third-order valence-electron chi connectivity index (χ3n) is 10.0. The average Bonchev–Trinajstić information content (AvgIpc) is 3.75. The molecule has 2 aromatic heterocycles. The van der Waals surface area contributed by atoms with Gasteiger partial charge in [-0.05, 0) is 67.8 Å². The molecule has 8 rings (SSSR count). The molecule has 2 aromatic carbocycles. The molecule has 3 saturated heterocycles. The molecule has 4 aromatic rings. The zero-order chi connectivity index (χ0) is 32.4. The van der Waals surface area contributed by atoms with Crippen molar-refractivity contribution in [3.63, 3.8) is 0 Å². The Morgan fingerprint density at radius 1 is 1.33 bits per heavy atom. The minimum absolute atomic E-state index is 0.00570. The van der Waals surface area contributed by atoms with E-state index in [0.717, 1.165) is 28.6 Å². The molecule has 4 aliphatic rings. The van der Waals surface area contributed by atoms with Crippen LogP contribution in [0.25, 0.3) is 32.9 Å². The van der Waals surface area contributed by atoms with Crippen LogP contribution in [0.3, 0.4) is 0 Å². The summed E-state index contributed by atoms with van der Waals surface area (Å²) in [5.41, 5.74) is 4.28. The zero-order valence-corrected chi connectivity index (χ0v) is 27.3. The van der Waals surface area contributed by atoms with Crippen molar-refractivity contribution in [3.8, 4) is 17.2 Å². The molecule has 1 saturated carbocycles. The Balaban J connectivity index is 1.55. The molecule has 0 spiro atoms. The molecule has 1 N–H and O–H groups in total. The lowest BCUT2D eigenvalue weighted by atomic mass is 9.79. The standard InChI is InChI=1S/C34H33ClFN5O4S/c1-17-21(7-4-8-24(17)35)28-19(6-5-9-37)12-22-30(29(28)36)38-33(46-3)23-14-25(18(2)39-10-11-45-16-27(39)42)41(32(22)23)31-20-13-26(31)40(15-20)34(43)44/h4,7-8,12,14,18,20,26,31H,5-6,10-11,13,15-16H2,1-3H3,(H,43,44)/t18?,20-,26-,31+/m1/s1. The van der Waals surface area contributed by atoms with Gasteiger partial charge in [0.15, 0.2) is 5.82 Å². The van der Waals surface area contributed by atoms with E-state index in [9.17, 15) is 20.0 Å². The number of morpholine rings is 1. The average molecular weight is 662 g/mol. The highest BCUT2D eigenvalue weighted by Gasteiger charge is 2.56. The maximum Gasteiger partial charge on any atom is 0.407 e. The number of nitrogens with zero attached hydrogens (tertiary/aromatic N) is 5. The molecule has 4 fully saturated rings. The molecule has 5 heterocycles. The Morgan fingerprint density at radius 2 is 2.13 bits per heavy atom. The summed E-state index contributed by atoms with van der Waals surface area (Å²) in [6.45, 7) is 5.13. The monoisotopic (exact) mass is 661 g/mol. The van der Waals surface area contributed by atoms with Crippen LogP contribution in [-0.2, 0) is 16.0 Å². The molecule has 4 atom stereocenters. The third-order valence-corrected chi connectivity index (χ3v) is 11.1. The van der Waals surface area contributed by atoms with E-state index in [-0.39, 0.29) is 48.5 Å². The smallest absolute Gasteiger partial charge is 0.407 e. The van der Waals surface area contributed by atoms with Gasteiger partial charge in [-0.2, -0.15) is 5.26 Å². The molecule has 1 aliphatic carbocycles. The number of ether oxygens (including phenoxy) is 1. The topological polar surface area (TPSA) is 112 Å². The quantitative estimate of drug-likeness (QED) is 0.213. The second-order valence-corrected chi connectivity index (χ2v) is 13.5. The molecular formula is C34H33ClFN5O4S. The van der Waals surface area contributed by atoms with Crippen molar-refractivity contribution in [3.05, 3.63) is 58.0 Å². The van der Waals surface area contributed by atoms with Crippen LogP contribution in [0.5, 0.6) is 0 Å². The Hall–Kier alpha value is -3.85. The van der Waals surface area contributed by atoms with Crippen molar-refractivity contribution in [1.29, 1.82) is 5.26 Å². The second-order valence-electron chi connectivity index (χ2n) is 12.3. The van der Waals surface area contributed by atoms with Gasteiger partial charge in [-0.25, -0.2) is 14.2 Å². The zero-order valence-electron chi connectivity index (χ0n) is 25.7. The van der Waals surface area contributed by atoms with Gasteiger partial charge < -0.3 is 24.2 Å². The maximum atomic E-state index is 17.1. The van der Waals surface area contributed by atoms with Crippen LogP contribution in [0.1, 0.15) is 48.7 Å². The van der Waals surface area contributed by atoms with Crippen LogP contribution in [0.15, 0.2) is 35.4 Å². The fourth-order valence-corrected chi connectivity index (χ4v) is 8.51. The Labute approximate surface area is 274 Å². The largest absolute Gasteiger partial charge is 0.465 e. The summed E-state index contributed by atoms with van der Waals surface area (Å²) in [5.74, 6) is -0.513. The number of hydrogen-bond acceptors (Lipinski definition) is 6. The number of nitriles is 1. The number of benzene rings is 2. The van der Waals surface area contributed by atoms with E-state index in [0.29, 0.717) is 58.2 Å². The molecule has 2 amide bonds. The maximum absolute atomic E-state index is 17.1. The van der Waals surface area contributed by atoms with Gasteiger partial charge in [-0.15, -0.1) is 11.8 Å². The van der Waals surface area contributed by atoms with Gasteiger partial charge in [0.2, 0.25) is 5.91 Å². The number of halogens is 2. The summed E-state index contributed by atoms with van der Waals surface area (Å²) in [5, 5.41) is 22.1. The number of carboxylic acid groups (broad SMARTS) is 1.